The zero-order valence-electron chi connectivity index (χ0n) is 10.8. The Bertz CT molecular complexity index is 422. The van der Waals surface area contributed by atoms with Gasteiger partial charge in [0.1, 0.15) is 5.82 Å². The van der Waals surface area contributed by atoms with Crippen LogP contribution in [0.15, 0.2) is 18.3 Å². The molecule has 1 aliphatic rings. The highest BCUT2D eigenvalue weighted by atomic mass is 16.5. The van der Waals surface area contributed by atoms with Gasteiger partial charge >= 0.3 is 5.97 Å². The molecule has 18 heavy (non-hydrogen) atoms. The minimum atomic E-state index is -0.334. The molecule has 1 fully saturated rings. The number of ether oxygens (including phenoxy) is 2. The number of carbonyl (C=O) groups is 1. The summed E-state index contributed by atoms with van der Waals surface area (Å²) < 4.78 is 10.1. The number of aromatic nitrogens is 1. The van der Waals surface area contributed by atoms with Crippen LogP contribution in [0.1, 0.15) is 23.2 Å². The monoisotopic (exact) mass is 250 g/mol. The Kier molecular flexibility index (Phi) is 4.15. The quantitative estimate of drug-likeness (QED) is 0.761. The Labute approximate surface area is 107 Å². The number of carbonyl (C=O) groups excluding carboxylic acids is 1. The predicted molar refractivity (Wildman–Crippen MR) is 67.8 cm³/mol. The average molecular weight is 250 g/mol. The summed E-state index contributed by atoms with van der Waals surface area (Å²) in [4.78, 5) is 17.9. The fourth-order valence-electron chi connectivity index (χ4n) is 2.17. The summed E-state index contributed by atoms with van der Waals surface area (Å²) in [6.07, 6.45) is 4.02. The first-order valence-corrected chi connectivity index (χ1v) is 6.06. The van der Waals surface area contributed by atoms with E-state index in [0.717, 1.165) is 31.7 Å². The number of pyridine rings is 1. The van der Waals surface area contributed by atoms with Crippen molar-refractivity contribution in [3.63, 3.8) is 0 Å². The summed E-state index contributed by atoms with van der Waals surface area (Å²) in [5.74, 6) is 0.471. The third-order valence-corrected chi connectivity index (χ3v) is 3.20. The second-order valence-corrected chi connectivity index (χ2v) is 4.34. The highest BCUT2D eigenvalue weighted by molar-refractivity contribution is 5.90. The molecule has 5 heteroatoms. The normalized spacial score (nSPS) is 19.7. The summed E-state index contributed by atoms with van der Waals surface area (Å²) >= 11 is 0. The lowest BCUT2D eigenvalue weighted by Crippen LogP contribution is -2.39. The lowest BCUT2D eigenvalue weighted by Gasteiger charge is -2.32. The van der Waals surface area contributed by atoms with Crippen LogP contribution in [0.5, 0.6) is 0 Å². The van der Waals surface area contributed by atoms with Crippen LogP contribution < -0.4 is 4.90 Å². The van der Waals surface area contributed by atoms with E-state index in [1.165, 1.54) is 7.11 Å². The second kappa shape index (κ2) is 5.82. The van der Waals surface area contributed by atoms with Gasteiger partial charge in [0.25, 0.3) is 0 Å². The molecule has 0 spiro atoms. The molecule has 1 aromatic heterocycles. The summed E-state index contributed by atoms with van der Waals surface area (Å²) in [6, 6.07) is 3.43. The maximum atomic E-state index is 11.5. The molecular weight excluding hydrogens is 232 g/mol. The van der Waals surface area contributed by atoms with Crippen LogP contribution >= 0.6 is 0 Å². The van der Waals surface area contributed by atoms with Crippen molar-refractivity contribution in [3.8, 4) is 0 Å². The van der Waals surface area contributed by atoms with Gasteiger partial charge in [-0.15, -0.1) is 0 Å². The molecule has 2 rings (SSSR count). The van der Waals surface area contributed by atoms with Crippen LogP contribution in [0, 0.1) is 0 Å². The molecule has 0 radical (unpaired) electrons. The lowest BCUT2D eigenvalue weighted by atomic mass is 10.1. The third kappa shape index (κ3) is 2.79. The average Bonchev–Trinajstić information content (AvgIpc) is 2.46. The molecule has 1 atom stereocenters. The van der Waals surface area contributed by atoms with E-state index in [1.54, 1.807) is 25.4 Å². The molecule has 1 aliphatic heterocycles. The molecule has 0 aromatic carbocycles. The van der Waals surface area contributed by atoms with E-state index >= 15 is 0 Å². The van der Waals surface area contributed by atoms with Crippen molar-refractivity contribution in [3.05, 3.63) is 23.9 Å². The van der Waals surface area contributed by atoms with Crippen molar-refractivity contribution in [2.24, 2.45) is 0 Å². The SMILES string of the molecule is COC(=O)c1ccnc(N2CCCC(OC)C2)c1. The Morgan fingerprint density at radius 3 is 3.06 bits per heavy atom. The number of piperidine rings is 1. The third-order valence-electron chi connectivity index (χ3n) is 3.20. The molecule has 1 aromatic rings. The van der Waals surface area contributed by atoms with Gasteiger partial charge in [-0.1, -0.05) is 0 Å². The van der Waals surface area contributed by atoms with E-state index < -0.39 is 0 Å². The van der Waals surface area contributed by atoms with E-state index in [4.69, 9.17) is 9.47 Å². The number of esters is 1. The zero-order valence-corrected chi connectivity index (χ0v) is 10.8. The minimum absolute atomic E-state index is 0.238. The first kappa shape index (κ1) is 12.8. The number of rotatable bonds is 3. The van der Waals surface area contributed by atoms with Crippen LogP contribution in [0.4, 0.5) is 5.82 Å². The highest BCUT2D eigenvalue weighted by Crippen LogP contribution is 2.20. The molecule has 1 unspecified atom stereocenters. The molecule has 0 aliphatic carbocycles. The molecule has 0 bridgehead atoms. The van der Waals surface area contributed by atoms with Gasteiger partial charge in [0, 0.05) is 26.4 Å². The fourth-order valence-corrected chi connectivity index (χ4v) is 2.17. The largest absolute Gasteiger partial charge is 0.465 e. The molecule has 0 amide bonds. The number of hydrogen-bond donors (Lipinski definition) is 0. The van der Waals surface area contributed by atoms with Crippen LogP contribution in [-0.4, -0.2) is 44.4 Å². The van der Waals surface area contributed by atoms with Gasteiger partial charge in [0.15, 0.2) is 0 Å². The molecule has 5 nitrogen and oxygen atoms in total. The van der Waals surface area contributed by atoms with Gasteiger partial charge in [0.05, 0.1) is 18.8 Å². The first-order valence-electron chi connectivity index (χ1n) is 6.06. The van der Waals surface area contributed by atoms with Gasteiger partial charge in [-0.25, -0.2) is 9.78 Å². The zero-order chi connectivity index (χ0) is 13.0. The van der Waals surface area contributed by atoms with Crippen LogP contribution in [0.2, 0.25) is 0 Å². The Morgan fingerprint density at radius 1 is 1.50 bits per heavy atom. The van der Waals surface area contributed by atoms with Crippen molar-refractivity contribution in [1.82, 2.24) is 4.98 Å². The standard InChI is InChI=1S/C13H18N2O3/c1-17-11-4-3-7-15(9-11)12-8-10(5-6-14-12)13(16)18-2/h5-6,8,11H,3-4,7,9H2,1-2H3. The summed E-state index contributed by atoms with van der Waals surface area (Å²) in [5, 5.41) is 0. The molecular formula is C13H18N2O3. The number of nitrogens with zero attached hydrogens (tertiary/aromatic N) is 2. The van der Waals surface area contributed by atoms with Gasteiger partial charge in [0.2, 0.25) is 0 Å². The molecule has 0 N–H and O–H groups in total. The van der Waals surface area contributed by atoms with E-state index in [9.17, 15) is 4.79 Å². The number of hydrogen-bond acceptors (Lipinski definition) is 5. The van der Waals surface area contributed by atoms with E-state index in [2.05, 4.69) is 9.88 Å². The van der Waals surface area contributed by atoms with Gasteiger partial charge in [-0.3, -0.25) is 0 Å². The number of anilines is 1. The Morgan fingerprint density at radius 2 is 2.33 bits per heavy atom. The Balaban J connectivity index is 2.15. The van der Waals surface area contributed by atoms with Crippen molar-refractivity contribution in [2.45, 2.75) is 18.9 Å². The topological polar surface area (TPSA) is 51.7 Å². The smallest absolute Gasteiger partial charge is 0.338 e. The summed E-state index contributed by atoms with van der Waals surface area (Å²) in [6.45, 7) is 1.76. The fraction of sp³-hybridized carbons (Fsp3) is 0.538. The highest BCUT2D eigenvalue weighted by Gasteiger charge is 2.21. The first-order chi connectivity index (χ1) is 8.74. The van der Waals surface area contributed by atoms with Crippen LogP contribution in [0.25, 0.3) is 0 Å². The summed E-state index contributed by atoms with van der Waals surface area (Å²) in [7, 11) is 3.11. The van der Waals surface area contributed by atoms with Crippen molar-refractivity contribution >= 4 is 11.8 Å². The van der Waals surface area contributed by atoms with Crippen LogP contribution in [0.3, 0.4) is 0 Å². The van der Waals surface area contributed by atoms with Crippen molar-refractivity contribution in [1.29, 1.82) is 0 Å². The summed E-state index contributed by atoms with van der Waals surface area (Å²) in [5.41, 5.74) is 0.530. The molecule has 0 saturated carbocycles. The molecule has 1 saturated heterocycles. The van der Waals surface area contributed by atoms with Crippen LogP contribution in [-0.2, 0) is 9.47 Å². The van der Waals surface area contributed by atoms with E-state index in [1.807, 2.05) is 0 Å². The maximum absolute atomic E-state index is 11.5. The minimum Gasteiger partial charge on any atom is -0.465 e. The molecule has 98 valence electrons. The number of methoxy groups -OCH3 is 2. The van der Waals surface area contributed by atoms with Crippen molar-refractivity contribution < 1.29 is 14.3 Å². The van der Waals surface area contributed by atoms with Gasteiger partial charge in [-0.2, -0.15) is 0 Å². The van der Waals surface area contributed by atoms with Gasteiger partial charge < -0.3 is 14.4 Å². The lowest BCUT2D eigenvalue weighted by molar-refractivity contribution is 0.0600. The molecule has 2 heterocycles. The maximum Gasteiger partial charge on any atom is 0.338 e. The van der Waals surface area contributed by atoms with Gasteiger partial charge in [-0.05, 0) is 25.0 Å². The van der Waals surface area contributed by atoms with E-state index in [0.29, 0.717) is 5.56 Å². The Hall–Kier alpha value is -1.62. The van der Waals surface area contributed by atoms with Crippen molar-refractivity contribution in [2.75, 3.05) is 32.2 Å². The predicted octanol–water partition coefficient (Wildman–Crippen LogP) is 1.48. The van der Waals surface area contributed by atoms with E-state index in [-0.39, 0.29) is 12.1 Å². The second-order valence-electron chi connectivity index (χ2n) is 4.34.